The lowest BCUT2D eigenvalue weighted by Gasteiger charge is -2.10. The van der Waals surface area contributed by atoms with Crippen LogP contribution in [-0.4, -0.2) is 18.0 Å². The summed E-state index contributed by atoms with van der Waals surface area (Å²) in [7, 11) is 1.60. The summed E-state index contributed by atoms with van der Waals surface area (Å²) in [6.45, 7) is 0. The predicted octanol–water partition coefficient (Wildman–Crippen LogP) is 5.22. The number of methoxy groups -OCH3 is 1. The normalized spacial score (nSPS) is 10.7. The third kappa shape index (κ3) is 3.17. The molecule has 1 amide bonds. The van der Waals surface area contributed by atoms with E-state index in [4.69, 9.17) is 9.72 Å². The number of anilines is 1. The number of aromatic nitrogens is 1. The van der Waals surface area contributed by atoms with Crippen molar-refractivity contribution in [2.45, 2.75) is 0 Å². The van der Waals surface area contributed by atoms with Crippen LogP contribution in [0.3, 0.4) is 0 Å². The standard InChI is InChI=1S/C21H16N2O2S/c1-25-18-13-19-17(23-21(26-19)15-10-6-3-7-11-15)12-16(18)22-20(24)14-8-4-2-5-9-14/h2-13H,1H3,(H,22,24). The van der Waals surface area contributed by atoms with E-state index in [2.05, 4.69) is 5.32 Å². The van der Waals surface area contributed by atoms with Crippen LogP contribution in [0.2, 0.25) is 0 Å². The van der Waals surface area contributed by atoms with Gasteiger partial charge >= 0.3 is 0 Å². The van der Waals surface area contributed by atoms with E-state index >= 15 is 0 Å². The molecule has 4 rings (SSSR count). The first-order chi connectivity index (χ1) is 12.7. The summed E-state index contributed by atoms with van der Waals surface area (Å²) in [6, 6.07) is 22.9. The van der Waals surface area contributed by atoms with Crippen molar-refractivity contribution < 1.29 is 9.53 Å². The summed E-state index contributed by atoms with van der Waals surface area (Å²) in [4.78, 5) is 17.2. The van der Waals surface area contributed by atoms with Gasteiger partial charge in [0.2, 0.25) is 0 Å². The molecule has 1 N–H and O–H groups in total. The first-order valence-corrected chi connectivity index (χ1v) is 8.96. The smallest absolute Gasteiger partial charge is 0.255 e. The van der Waals surface area contributed by atoms with Gasteiger partial charge in [-0.1, -0.05) is 48.5 Å². The molecule has 128 valence electrons. The zero-order valence-corrected chi connectivity index (χ0v) is 14.9. The summed E-state index contributed by atoms with van der Waals surface area (Å²) in [5.74, 6) is 0.437. The van der Waals surface area contributed by atoms with Crippen molar-refractivity contribution in [2.24, 2.45) is 0 Å². The van der Waals surface area contributed by atoms with Gasteiger partial charge < -0.3 is 10.1 Å². The molecule has 0 aliphatic heterocycles. The maximum absolute atomic E-state index is 12.5. The lowest BCUT2D eigenvalue weighted by Crippen LogP contribution is -2.12. The molecule has 26 heavy (non-hydrogen) atoms. The van der Waals surface area contributed by atoms with Gasteiger partial charge in [-0.25, -0.2) is 4.98 Å². The Morgan fingerprint density at radius 2 is 1.69 bits per heavy atom. The fourth-order valence-electron chi connectivity index (χ4n) is 2.71. The molecule has 4 nitrogen and oxygen atoms in total. The van der Waals surface area contributed by atoms with Crippen molar-refractivity contribution >= 4 is 33.1 Å². The van der Waals surface area contributed by atoms with E-state index in [9.17, 15) is 4.79 Å². The summed E-state index contributed by atoms with van der Waals surface area (Å²) in [5, 5.41) is 3.86. The molecule has 3 aromatic carbocycles. The van der Waals surface area contributed by atoms with Crippen molar-refractivity contribution in [2.75, 3.05) is 12.4 Å². The number of fused-ring (bicyclic) bond motifs is 1. The van der Waals surface area contributed by atoms with Gasteiger partial charge in [0.15, 0.2) is 0 Å². The lowest BCUT2D eigenvalue weighted by molar-refractivity contribution is 0.102. The number of nitrogens with zero attached hydrogens (tertiary/aromatic N) is 1. The second kappa shape index (κ2) is 6.98. The lowest BCUT2D eigenvalue weighted by atomic mass is 10.2. The summed E-state index contributed by atoms with van der Waals surface area (Å²) >= 11 is 1.60. The maximum Gasteiger partial charge on any atom is 0.255 e. The van der Waals surface area contributed by atoms with Crippen LogP contribution in [0.15, 0.2) is 72.8 Å². The second-order valence-corrected chi connectivity index (χ2v) is 6.76. The van der Waals surface area contributed by atoms with Crippen molar-refractivity contribution in [3.63, 3.8) is 0 Å². The van der Waals surface area contributed by atoms with Gasteiger partial charge in [0.25, 0.3) is 5.91 Å². The highest BCUT2D eigenvalue weighted by Crippen LogP contribution is 2.36. The zero-order chi connectivity index (χ0) is 17.9. The number of thiazole rings is 1. The molecule has 0 unspecified atom stereocenters. The van der Waals surface area contributed by atoms with E-state index in [1.165, 1.54) is 0 Å². The minimum absolute atomic E-state index is 0.179. The topological polar surface area (TPSA) is 51.2 Å². The van der Waals surface area contributed by atoms with Gasteiger partial charge in [0.05, 0.1) is 23.0 Å². The molecule has 0 saturated carbocycles. The van der Waals surface area contributed by atoms with Crippen molar-refractivity contribution in [1.29, 1.82) is 0 Å². The van der Waals surface area contributed by atoms with Crippen LogP contribution in [-0.2, 0) is 0 Å². The van der Waals surface area contributed by atoms with Crippen LogP contribution >= 0.6 is 11.3 Å². The molecule has 0 atom stereocenters. The van der Waals surface area contributed by atoms with E-state index in [-0.39, 0.29) is 5.91 Å². The van der Waals surface area contributed by atoms with Gasteiger partial charge in [0.1, 0.15) is 10.8 Å². The third-order valence-corrected chi connectivity index (χ3v) is 5.08. The predicted molar refractivity (Wildman–Crippen MR) is 106 cm³/mol. The number of carbonyl (C=O) groups excluding carboxylic acids is 1. The third-order valence-electron chi connectivity index (χ3n) is 4.01. The Morgan fingerprint density at radius 1 is 1.00 bits per heavy atom. The Balaban J connectivity index is 1.71. The molecule has 0 radical (unpaired) electrons. The number of nitrogens with one attached hydrogen (secondary N) is 1. The molecule has 0 aliphatic rings. The Kier molecular flexibility index (Phi) is 4.37. The molecule has 4 aromatic rings. The molecule has 0 aliphatic carbocycles. The highest BCUT2D eigenvalue weighted by Gasteiger charge is 2.14. The van der Waals surface area contributed by atoms with Crippen LogP contribution < -0.4 is 10.1 Å². The van der Waals surface area contributed by atoms with E-state index in [0.717, 1.165) is 20.8 Å². The van der Waals surface area contributed by atoms with E-state index in [1.807, 2.05) is 60.7 Å². The molecule has 1 aromatic heterocycles. The summed E-state index contributed by atoms with van der Waals surface area (Å²) < 4.78 is 6.48. The quantitative estimate of drug-likeness (QED) is 0.542. The van der Waals surface area contributed by atoms with Crippen molar-refractivity contribution in [1.82, 2.24) is 4.98 Å². The van der Waals surface area contributed by atoms with Gasteiger partial charge in [-0.05, 0) is 18.2 Å². The minimum Gasteiger partial charge on any atom is -0.495 e. The number of hydrogen-bond donors (Lipinski definition) is 1. The van der Waals surface area contributed by atoms with Crippen molar-refractivity contribution in [3.05, 3.63) is 78.4 Å². The highest BCUT2D eigenvalue weighted by molar-refractivity contribution is 7.21. The largest absolute Gasteiger partial charge is 0.495 e. The molecule has 0 bridgehead atoms. The van der Waals surface area contributed by atoms with Crippen LogP contribution in [0.5, 0.6) is 5.75 Å². The second-order valence-electron chi connectivity index (χ2n) is 5.73. The highest BCUT2D eigenvalue weighted by atomic mass is 32.1. The summed E-state index contributed by atoms with van der Waals surface area (Å²) in [5.41, 5.74) is 3.11. The average Bonchev–Trinajstić information content (AvgIpc) is 3.11. The van der Waals surface area contributed by atoms with Crippen LogP contribution in [0.4, 0.5) is 5.69 Å². The number of carbonyl (C=O) groups is 1. The van der Waals surface area contributed by atoms with Gasteiger partial charge in [-0.3, -0.25) is 4.79 Å². The summed E-state index contributed by atoms with van der Waals surface area (Å²) in [6.07, 6.45) is 0. The first kappa shape index (κ1) is 16.3. The molecule has 0 spiro atoms. The first-order valence-electron chi connectivity index (χ1n) is 8.15. The minimum atomic E-state index is -0.179. The Bertz CT molecular complexity index is 1060. The molecule has 1 heterocycles. The Hall–Kier alpha value is -3.18. The van der Waals surface area contributed by atoms with E-state index in [1.54, 1.807) is 30.6 Å². The molecule has 5 heteroatoms. The Morgan fingerprint density at radius 3 is 2.38 bits per heavy atom. The van der Waals surface area contributed by atoms with Crippen LogP contribution in [0.25, 0.3) is 20.8 Å². The number of benzene rings is 3. The monoisotopic (exact) mass is 360 g/mol. The van der Waals surface area contributed by atoms with Crippen molar-refractivity contribution in [3.8, 4) is 16.3 Å². The fraction of sp³-hybridized carbons (Fsp3) is 0.0476. The molecular formula is C21H16N2O2S. The number of hydrogen-bond acceptors (Lipinski definition) is 4. The fourth-order valence-corrected chi connectivity index (χ4v) is 3.69. The molecule has 0 saturated heterocycles. The SMILES string of the molecule is COc1cc2sc(-c3ccccc3)nc2cc1NC(=O)c1ccccc1. The molecule has 0 fully saturated rings. The zero-order valence-electron chi connectivity index (χ0n) is 14.1. The van der Waals surface area contributed by atoms with E-state index in [0.29, 0.717) is 17.0 Å². The number of amides is 1. The van der Waals surface area contributed by atoms with Crippen LogP contribution in [0.1, 0.15) is 10.4 Å². The number of rotatable bonds is 4. The van der Waals surface area contributed by atoms with Crippen LogP contribution in [0, 0.1) is 0 Å². The average molecular weight is 360 g/mol. The Labute approximate surface area is 155 Å². The van der Waals surface area contributed by atoms with Gasteiger partial charge in [-0.15, -0.1) is 11.3 Å². The molecular weight excluding hydrogens is 344 g/mol. The van der Waals surface area contributed by atoms with Gasteiger partial charge in [-0.2, -0.15) is 0 Å². The maximum atomic E-state index is 12.5. The van der Waals surface area contributed by atoms with Gasteiger partial charge in [0, 0.05) is 17.2 Å². The van der Waals surface area contributed by atoms with E-state index < -0.39 is 0 Å². The number of ether oxygens (including phenoxy) is 1.